The van der Waals surface area contributed by atoms with Crippen molar-refractivity contribution in [2.24, 2.45) is 0 Å². The van der Waals surface area contributed by atoms with Gasteiger partial charge < -0.3 is 5.32 Å². The first-order valence-electron chi connectivity index (χ1n) is 8.07. The Bertz CT molecular complexity index is 846. The highest BCUT2D eigenvalue weighted by molar-refractivity contribution is 5.98. The summed E-state index contributed by atoms with van der Waals surface area (Å²) in [4.78, 5) is 26.4. The number of hydrogen-bond acceptors (Lipinski definition) is 2. The molecule has 4 nitrogen and oxygen atoms in total. The summed E-state index contributed by atoms with van der Waals surface area (Å²) in [7, 11) is 0. The largest absolute Gasteiger partial charge is 0.326 e. The van der Waals surface area contributed by atoms with Crippen LogP contribution in [-0.2, 0) is 11.3 Å². The number of allylic oxidation sites excluding steroid dienone is 1. The first kappa shape index (κ1) is 16.9. The molecule has 0 fully saturated rings. The lowest BCUT2D eigenvalue weighted by Crippen LogP contribution is -2.47. The minimum Gasteiger partial charge on any atom is -0.326 e. The molecule has 5 heteroatoms. The van der Waals surface area contributed by atoms with E-state index >= 15 is 0 Å². The Morgan fingerprint density at radius 3 is 2.40 bits per heavy atom. The number of amides is 2. The van der Waals surface area contributed by atoms with Crippen molar-refractivity contribution in [1.82, 2.24) is 10.2 Å². The van der Waals surface area contributed by atoms with Gasteiger partial charge in [-0.05, 0) is 25.5 Å². The maximum Gasteiger partial charge on any atom is 0.322 e. The summed E-state index contributed by atoms with van der Waals surface area (Å²) in [6.45, 7) is 3.51. The van der Waals surface area contributed by atoms with Gasteiger partial charge in [0.05, 0.1) is 12.6 Å². The average molecular weight is 338 g/mol. The van der Waals surface area contributed by atoms with Gasteiger partial charge in [0, 0.05) is 16.8 Å². The number of rotatable bonds is 4. The van der Waals surface area contributed by atoms with Crippen LogP contribution in [0.4, 0.5) is 9.18 Å². The molecule has 1 N–H and O–H groups in total. The van der Waals surface area contributed by atoms with E-state index in [1.54, 1.807) is 25.1 Å². The number of halogens is 1. The number of urea groups is 1. The van der Waals surface area contributed by atoms with Gasteiger partial charge in [0.15, 0.2) is 5.78 Å². The summed E-state index contributed by atoms with van der Waals surface area (Å²) in [5, 5.41) is 2.77. The molecule has 0 spiro atoms. The zero-order valence-corrected chi connectivity index (χ0v) is 14.1. The summed E-state index contributed by atoms with van der Waals surface area (Å²) < 4.78 is 14.2. The van der Waals surface area contributed by atoms with Crippen molar-refractivity contribution in [3.05, 3.63) is 82.8 Å². The number of carbonyl (C=O) groups is 2. The Morgan fingerprint density at radius 1 is 1.12 bits per heavy atom. The zero-order chi connectivity index (χ0) is 18.0. The van der Waals surface area contributed by atoms with Crippen molar-refractivity contribution in [3.63, 3.8) is 0 Å². The molecule has 0 aliphatic carbocycles. The molecule has 128 valence electrons. The molecule has 0 bridgehead atoms. The molecule has 0 saturated carbocycles. The summed E-state index contributed by atoms with van der Waals surface area (Å²) in [6.07, 6.45) is 0. The van der Waals surface area contributed by atoms with Crippen molar-refractivity contribution in [2.75, 3.05) is 0 Å². The van der Waals surface area contributed by atoms with Gasteiger partial charge in [-0.1, -0.05) is 48.5 Å². The third-order valence-corrected chi connectivity index (χ3v) is 4.38. The van der Waals surface area contributed by atoms with Crippen LogP contribution in [0.25, 0.3) is 0 Å². The van der Waals surface area contributed by atoms with Gasteiger partial charge >= 0.3 is 6.03 Å². The van der Waals surface area contributed by atoms with Crippen LogP contribution in [0.3, 0.4) is 0 Å². The van der Waals surface area contributed by atoms with E-state index < -0.39 is 11.9 Å². The molecular formula is C20H19FN2O2. The molecule has 25 heavy (non-hydrogen) atoms. The van der Waals surface area contributed by atoms with Crippen molar-refractivity contribution >= 4 is 11.8 Å². The molecule has 0 aromatic heterocycles. The lowest BCUT2D eigenvalue weighted by atomic mass is 9.92. The molecule has 0 saturated heterocycles. The summed E-state index contributed by atoms with van der Waals surface area (Å²) in [6, 6.07) is 14.6. The lowest BCUT2D eigenvalue weighted by molar-refractivity contribution is -0.114. The molecule has 1 heterocycles. The van der Waals surface area contributed by atoms with Crippen molar-refractivity contribution < 1.29 is 14.0 Å². The summed E-state index contributed by atoms with van der Waals surface area (Å²) in [5.74, 6) is -0.639. The van der Waals surface area contributed by atoms with Gasteiger partial charge in [-0.3, -0.25) is 9.69 Å². The van der Waals surface area contributed by atoms with E-state index in [9.17, 15) is 14.0 Å². The molecule has 3 rings (SSSR count). The first-order chi connectivity index (χ1) is 12.0. The van der Waals surface area contributed by atoms with E-state index in [-0.39, 0.29) is 11.8 Å². The molecule has 2 aromatic carbocycles. The Labute approximate surface area is 146 Å². The van der Waals surface area contributed by atoms with Crippen LogP contribution in [0.2, 0.25) is 0 Å². The molecule has 0 radical (unpaired) electrons. The topological polar surface area (TPSA) is 49.4 Å². The number of ketones is 1. The standard InChI is InChI=1S/C20H19FN2O2/c1-13-18(14(2)24)19(16-10-6-7-11-17(16)21)22-20(25)23(13)12-15-8-4-3-5-9-15/h3-11,19H,12H2,1-2H3,(H,22,25). The fourth-order valence-electron chi connectivity index (χ4n) is 3.14. The van der Waals surface area contributed by atoms with Crippen molar-refractivity contribution in [2.45, 2.75) is 26.4 Å². The predicted molar refractivity (Wildman–Crippen MR) is 93.0 cm³/mol. The smallest absolute Gasteiger partial charge is 0.322 e. The highest BCUT2D eigenvalue weighted by atomic mass is 19.1. The second-order valence-electron chi connectivity index (χ2n) is 6.03. The van der Waals surface area contributed by atoms with Crippen molar-refractivity contribution in [1.29, 1.82) is 0 Å². The second-order valence-corrected chi connectivity index (χ2v) is 6.03. The Morgan fingerprint density at radius 2 is 1.76 bits per heavy atom. The third-order valence-electron chi connectivity index (χ3n) is 4.38. The minimum atomic E-state index is -0.779. The summed E-state index contributed by atoms with van der Waals surface area (Å²) >= 11 is 0. The van der Waals surface area contributed by atoms with Gasteiger partial charge in [-0.25, -0.2) is 9.18 Å². The first-order valence-corrected chi connectivity index (χ1v) is 8.07. The van der Waals surface area contributed by atoms with Gasteiger partial charge in [-0.2, -0.15) is 0 Å². The number of carbonyl (C=O) groups excluding carboxylic acids is 2. The third kappa shape index (κ3) is 3.31. The normalized spacial score (nSPS) is 17.5. The minimum absolute atomic E-state index is 0.191. The van der Waals surface area contributed by atoms with Crippen molar-refractivity contribution in [3.8, 4) is 0 Å². The van der Waals surface area contributed by atoms with Crippen LogP contribution in [0, 0.1) is 5.82 Å². The molecule has 2 aromatic rings. The number of hydrogen-bond donors (Lipinski definition) is 1. The Balaban J connectivity index is 2.03. The monoisotopic (exact) mass is 338 g/mol. The number of nitrogens with zero attached hydrogens (tertiary/aromatic N) is 1. The number of nitrogens with one attached hydrogen (secondary N) is 1. The van der Waals surface area contributed by atoms with Gasteiger partial charge in [-0.15, -0.1) is 0 Å². The SMILES string of the molecule is CC(=O)C1=C(C)N(Cc2ccccc2)C(=O)NC1c1ccccc1F. The summed E-state index contributed by atoms with van der Waals surface area (Å²) in [5.41, 5.74) is 2.19. The van der Waals surface area contributed by atoms with Gasteiger partial charge in [0.1, 0.15) is 5.82 Å². The molecule has 2 amide bonds. The fraction of sp³-hybridized carbons (Fsp3) is 0.200. The van der Waals surface area contributed by atoms with E-state index in [1.807, 2.05) is 30.3 Å². The highest BCUT2D eigenvalue weighted by Gasteiger charge is 2.35. The van der Waals surface area contributed by atoms with Crippen LogP contribution in [0.1, 0.15) is 31.0 Å². The molecule has 1 atom stereocenters. The van der Waals surface area contributed by atoms with Crippen LogP contribution in [0.15, 0.2) is 65.9 Å². The number of benzene rings is 2. The van der Waals surface area contributed by atoms with E-state index in [0.717, 1.165) is 5.56 Å². The van der Waals surface area contributed by atoms with Gasteiger partial charge in [0.2, 0.25) is 0 Å². The fourth-order valence-corrected chi connectivity index (χ4v) is 3.14. The molecule has 1 aliphatic heterocycles. The van der Waals surface area contributed by atoms with Crippen LogP contribution < -0.4 is 5.32 Å². The Hall–Kier alpha value is -2.95. The quantitative estimate of drug-likeness (QED) is 0.917. The maximum atomic E-state index is 14.2. The predicted octanol–water partition coefficient (Wildman–Crippen LogP) is 3.96. The van der Waals surface area contributed by atoms with E-state index in [1.165, 1.54) is 17.9 Å². The second kappa shape index (κ2) is 6.89. The zero-order valence-electron chi connectivity index (χ0n) is 14.1. The van der Waals surface area contributed by atoms with Crippen LogP contribution >= 0.6 is 0 Å². The van der Waals surface area contributed by atoms with E-state index in [0.29, 0.717) is 23.4 Å². The van der Waals surface area contributed by atoms with E-state index in [4.69, 9.17) is 0 Å². The molecular weight excluding hydrogens is 319 g/mol. The molecule has 1 unspecified atom stereocenters. The highest BCUT2D eigenvalue weighted by Crippen LogP contribution is 2.32. The molecule has 1 aliphatic rings. The number of Topliss-reactive ketones (excluding diaryl/α,β-unsaturated/α-hetero) is 1. The Kier molecular flexibility index (Phi) is 4.65. The average Bonchev–Trinajstić information content (AvgIpc) is 2.59. The van der Waals surface area contributed by atoms with Crippen LogP contribution in [0.5, 0.6) is 0 Å². The van der Waals surface area contributed by atoms with Gasteiger partial charge in [0.25, 0.3) is 0 Å². The van der Waals surface area contributed by atoms with Crippen LogP contribution in [-0.4, -0.2) is 16.7 Å². The maximum absolute atomic E-state index is 14.2. The lowest BCUT2D eigenvalue weighted by Gasteiger charge is -2.35. The van der Waals surface area contributed by atoms with E-state index in [2.05, 4.69) is 5.32 Å².